The molecule has 0 aliphatic heterocycles. The Morgan fingerprint density at radius 3 is 2.61 bits per heavy atom. The maximum atomic E-state index is 12.4. The molecule has 148 valence electrons. The minimum absolute atomic E-state index is 0.104. The van der Waals surface area contributed by atoms with Gasteiger partial charge in [0.1, 0.15) is 0 Å². The number of hydrogen-bond acceptors (Lipinski definition) is 7. The molecule has 1 aromatic carbocycles. The Bertz CT molecular complexity index is 1010. The zero-order valence-corrected chi connectivity index (χ0v) is 16.4. The molecule has 28 heavy (non-hydrogen) atoms. The van der Waals surface area contributed by atoms with Gasteiger partial charge in [0.15, 0.2) is 17.3 Å². The Morgan fingerprint density at radius 1 is 1.18 bits per heavy atom. The Hall–Kier alpha value is -3.20. The quantitative estimate of drug-likeness (QED) is 0.638. The third-order valence-electron chi connectivity index (χ3n) is 4.54. The second-order valence-electron chi connectivity index (χ2n) is 6.32. The van der Waals surface area contributed by atoms with Gasteiger partial charge in [-0.1, -0.05) is 0 Å². The van der Waals surface area contributed by atoms with E-state index in [1.165, 1.54) is 0 Å². The van der Waals surface area contributed by atoms with Crippen LogP contribution >= 0.6 is 0 Å². The first kappa shape index (κ1) is 19.6. The van der Waals surface area contributed by atoms with Crippen LogP contribution in [0, 0.1) is 13.8 Å². The first-order chi connectivity index (χ1) is 13.5. The lowest BCUT2D eigenvalue weighted by molar-refractivity contribution is -0.116. The number of hydrogen-bond donors (Lipinski definition) is 2. The van der Waals surface area contributed by atoms with Crippen LogP contribution in [-0.2, 0) is 17.8 Å². The summed E-state index contributed by atoms with van der Waals surface area (Å²) in [5.41, 5.74) is 8.98. The van der Waals surface area contributed by atoms with Crippen molar-refractivity contribution in [1.82, 2.24) is 19.6 Å². The summed E-state index contributed by atoms with van der Waals surface area (Å²) in [6.45, 7) is 4.11. The summed E-state index contributed by atoms with van der Waals surface area (Å²) < 4.78 is 12.1. The Balaban J connectivity index is 1.72. The molecule has 3 rings (SSSR count). The molecular formula is C19H24N6O3. The van der Waals surface area contributed by atoms with E-state index in [-0.39, 0.29) is 12.5 Å². The van der Waals surface area contributed by atoms with Crippen molar-refractivity contribution in [2.75, 3.05) is 19.5 Å². The van der Waals surface area contributed by atoms with E-state index in [4.69, 9.17) is 15.2 Å². The van der Waals surface area contributed by atoms with Gasteiger partial charge in [-0.2, -0.15) is 4.98 Å². The highest BCUT2D eigenvalue weighted by molar-refractivity contribution is 5.91. The summed E-state index contributed by atoms with van der Waals surface area (Å²) >= 11 is 0. The number of methoxy groups -OCH3 is 2. The summed E-state index contributed by atoms with van der Waals surface area (Å²) in [7, 11) is 3.12. The second kappa shape index (κ2) is 8.22. The molecule has 2 heterocycles. The maximum Gasteiger partial charge on any atom is 0.252 e. The van der Waals surface area contributed by atoms with Crippen LogP contribution in [0.3, 0.4) is 0 Å². The monoisotopic (exact) mass is 384 g/mol. The van der Waals surface area contributed by atoms with E-state index in [2.05, 4.69) is 20.4 Å². The number of nitrogens with two attached hydrogens (primary N) is 1. The lowest BCUT2D eigenvalue weighted by Gasteiger charge is -2.12. The van der Waals surface area contributed by atoms with Gasteiger partial charge in [-0.3, -0.25) is 4.79 Å². The first-order valence-corrected chi connectivity index (χ1v) is 8.90. The number of benzene rings is 1. The van der Waals surface area contributed by atoms with E-state index in [0.717, 1.165) is 17.0 Å². The van der Waals surface area contributed by atoms with Crippen molar-refractivity contribution in [3.8, 4) is 11.5 Å². The van der Waals surface area contributed by atoms with Crippen LogP contribution in [0.5, 0.6) is 11.5 Å². The minimum atomic E-state index is -0.104. The smallest absolute Gasteiger partial charge is 0.252 e. The lowest BCUT2D eigenvalue weighted by Crippen LogP contribution is -2.14. The van der Waals surface area contributed by atoms with Crippen LogP contribution in [0.2, 0.25) is 0 Å². The maximum absolute atomic E-state index is 12.4. The summed E-state index contributed by atoms with van der Waals surface area (Å²) in [6, 6.07) is 5.25. The summed E-state index contributed by atoms with van der Waals surface area (Å²) in [6.07, 6.45) is 0.846. The van der Waals surface area contributed by atoms with Gasteiger partial charge in [0.05, 0.1) is 20.8 Å². The Kier molecular flexibility index (Phi) is 5.74. The molecule has 9 heteroatoms. The van der Waals surface area contributed by atoms with Gasteiger partial charge in [0.25, 0.3) is 5.78 Å². The molecule has 0 unspecified atom stereocenters. The molecule has 0 atom stereocenters. The molecule has 3 aromatic rings. The topological polar surface area (TPSA) is 117 Å². The number of carbonyl (C=O) groups is 1. The van der Waals surface area contributed by atoms with Crippen molar-refractivity contribution < 1.29 is 14.3 Å². The number of aryl methyl sites for hydroxylation is 2. The molecule has 9 nitrogen and oxygen atoms in total. The number of carbonyl (C=O) groups excluding carboxylic acids is 1. The average molecular weight is 384 g/mol. The zero-order valence-electron chi connectivity index (χ0n) is 16.4. The van der Waals surface area contributed by atoms with E-state index < -0.39 is 0 Å². The van der Waals surface area contributed by atoms with Crippen molar-refractivity contribution in [2.24, 2.45) is 5.73 Å². The standard InChI is InChI=1S/C19H24N6O3/c1-11-14(12(2)25-19(21-11)23-17(10-20)24-25)6-8-18(26)22-13-5-7-15(27-3)16(9-13)28-4/h5,7,9H,6,8,10,20H2,1-4H3,(H,22,26). The van der Waals surface area contributed by atoms with Crippen molar-refractivity contribution in [3.63, 3.8) is 0 Å². The van der Waals surface area contributed by atoms with Crippen molar-refractivity contribution >= 4 is 17.4 Å². The summed E-state index contributed by atoms with van der Waals surface area (Å²) in [4.78, 5) is 21.2. The molecule has 0 saturated carbocycles. The second-order valence-corrected chi connectivity index (χ2v) is 6.32. The number of anilines is 1. The number of nitrogens with zero attached hydrogens (tertiary/aromatic N) is 4. The zero-order chi connectivity index (χ0) is 20.3. The fourth-order valence-electron chi connectivity index (χ4n) is 3.07. The third kappa shape index (κ3) is 3.89. The molecule has 0 aliphatic carbocycles. The van der Waals surface area contributed by atoms with E-state index in [0.29, 0.717) is 41.6 Å². The van der Waals surface area contributed by atoms with Crippen molar-refractivity contribution in [1.29, 1.82) is 0 Å². The number of rotatable bonds is 7. The highest BCUT2D eigenvalue weighted by atomic mass is 16.5. The molecule has 0 spiro atoms. The predicted molar refractivity (Wildman–Crippen MR) is 105 cm³/mol. The molecule has 2 aromatic heterocycles. The average Bonchev–Trinajstić information content (AvgIpc) is 3.11. The van der Waals surface area contributed by atoms with Crippen molar-refractivity contribution in [3.05, 3.63) is 41.0 Å². The largest absolute Gasteiger partial charge is 0.493 e. The van der Waals surface area contributed by atoms with Gasteiger partial charge in [0.2, 0.25) is 5.91 Å². The van der Waals surface area contributed by atoms with Crippen LogP contribution in [0.15, 0.2) is 18.2 Å². The van der Waals surface area contributed by atoms with Crippen LogP contribution in [-0.4, -0.2) is 39.7 Å². The molecule has 0 radical (unpaired) electrons. The van der Waals surface area contributed by atoms with E-state index in [9.17, 15) is 4.79 Å². The summed E-state index contributed by atoms with van der Waals surface area (Å²) in [5.74, 6) is 2.12. The van der Waals surface area contributed by atoms with Crippen LogP contribution < -0.4 is 20.5 Å². The first-order valence-electron chi connectivity index (χ1n) is 8.90. The van der Waals surface area contributed by atoms with Crippen molar-refractivity contribution in [2.45, 2.75) is 33.2 Å². The molecule has 0 saturated heterocycles. The molecule has 3 N–H and O–H groups in total. The van der Waals surface area contributed by atoms with Gasteiger partial charge >= 0.3 is 0 Å². The van der Waals surface area contributed by atoms with Gasteiger partial charge in [0, 0.05) is 29.6 Å². The van der Waals surface area contributed by atoms with E-state index in [1.807, 2.05) is 13.8 Å². The highest BCUT2D eigenvalue weighted by Crippen LogP contribution is 2.29. The van der Waals surface area contributed by atoms with Crippen LogP contribution in [0.25, 0.3) is 5.78 Å². The fourth-order valence-corrected chi connectivity index (χ4v) is 3.07. The number of ether oxygens (including phenoxy) is 2. The SMILES string of the molecule is COc1ccc(NC(=O)CCc2c(C)nc3nc(CN)nn3c2C)cc1OC. The minimum Gasteiger partial charge on any atom is -0.493 e. The molecule has 1 amide bonds. The third-order valence-corrected chi connectivity index (χ3v) is 4.54. The van der Waals surface area contributed by atoms with Crippen LogP contribution in [0.4, 0.5) is 5.69 Å². The normalized spacial score (nSPS) is 10.9. The lowest BCUT2D eigenvalue weighted by atomic mass is 10.1. The molecule has 0 bridgehead atoms. The highest BCUT2D eigenvalue weighted by Gasteiger charge is 2.15. The number of aromatic nitrogens is 4. The predicted octanol–water partition coefficient (Wildman–Crippen LogP) is 1.79. The van der Waals surface area contributed by atoms with Crippen LogP contribution in [0.1, 0.15) is 29.2 Å². The molecule has 0 aliphatic rings. The number of amides is 1. The molecule has 0 fully saturated rings. The summed E-state index contributed by atoms with van der Waals surface area (Å²) in [5, 5.41) is 7.24. The Labute approximate surface area is 162 Å². The van der Waals surface area contributed by atoms with E-state index >= 15 is 0 Å². The van der Waals surface area contributed by atoms with Gasteiger partial charge in [-0.05, 0) is 38.0 Å². The van der Waals surface area contributed by atoms with Gasteiger partial charge in [-0.15, -0.1) is 5.10 Å². The fraction of sp³-hybridized carbons (Fsp3) is 0.368. The van der Waals surface area contributed by atoms with Gasteiger partial charge in [-0.25, -0.2) is 9.50 Å². The van der Waals surface area contributed by atoms with E-state index in [1.54, 1.807) is 36.9 Å². The Morgan fingerprint density at radius 2 is 1.93 bits per heavy atom. The van der Waals surface area contributed by atoms with Gasteiger partial charge < -0.3 is 20.5 Å². The number of fused-ring (bicyclic) bond motifs is 1. The molecular weight excluding hydrogens is 360 g/mol. The number of nitrogens with one attached hydrogen (secondary N) is 1.